The van der Waals surface area contributed by atoms with Crippen LogP contribution in [0.1, 0.15) is 64.2 Å². The molecule has 166 valence electrons. The van der Waals surface area contributed by atoms with Crippen LogP contribution in [0, 0.1) is 12.8 Å². The highest BCUT2D eigenvalue weighted by atomic mass is 32.2. The van der Waals surface area contributed by atoms with Crippen molar-refractivity contribution in [1.29, 1.82) is 0 Å². The summed E-state index contributed by atoms with van der Waals surface area (Å²) in [6.07, 6.45) is 1.60. The van der Waals surface area contributed by atoms with Crippen LogP contribution < -0.4 is 0 Å². The number of hydrogen-bond donors (Lipinski definition) is 0. The van der Waals surface area contributed by atoms with Gasteiger partial charge in [0, 0.05) is 31.7 Å². The monoisotopic (exact) mass is 439 g/mol. The summed E-state index contributed by atoms with van der Waals surface area (Å²) < 4.78 is 39.3. The van der Waals surface area contributed by atoms with Crippen molar-refractivity contribution in [2.75, 3.05) is 13.1 Å². The van der Waals surface area contributed by atoms with Crippen molar-refractivity contribution in [3.8, 4) is 0 Å². The zero-order valence-corrected chi connectivity index (χ0v) is 19.1. The van der Waals surface area contributed by atoms with Crippen molar-refractivity contribution in [1.82, 2.24) is 24.0 Å². The largest absolute Gasteiger partial charge is 0.452 e. The molecule has 0 aromatic carbocycles. The molecule has 1 saturated heterocycles. The summed E-state index contributed by atoms with van der Waals surface area (Å²) in [7, 11) is -1.93. The van der Waals surface area contributed by atoms with Gasteiger partial charge in [0.1, 0.15) is 5.82 Å². The van der Waals surface area contributed by atoms with Gasteiger partial charge >= 0.3 is 5.97 Å². The van der Waals surface area contributed by atoms with E-state index in [0.717, 1.165) is 0 Å². The number of ether oxygens (including phenoxy) is 1. The Morgan fingerprint density at radius 2 is 1.90 bits per heavy atom. The molecule has 2 aromatic heterocycles. The first-order chi connectivity index (χ1) is 13.9. The fourth-order valence-electron chi connectivity index (χ4n) is 3.14. The molecule has 30 heavy (non-hydrogen) atoms. The molecule has 0 aliphatic carbocycles. The number of aromatic nitrogens is 4. The van der Waals surface area contributed by atoms with Crippen molar-refractivity contribution in [3.63, 3.8) is 0 Å². The lowest BCUT2D eigenvalue weighted by Gasteiger charge is -2.29. The molecule has 1 fully saturated rings. The lowest BCUT2D eigenvalue weighted by Crippen LogP contribution is -2.40. The average molecular weight is 440 g/mol. The predicted octanol–water partition coefficient (Wildman–Crippen LogP) is 2.11. The lowest BCUT2D eigenvalue weighted by atomic mass is 9.96. The maximum absolute atomic E-state index is 12.8. The highest BCUT2D eigenvalue weighted by molar-refractivity contribution is 7.89. The van der Waals surface area contributed by atoms with Gasteiger partial charge < -0.3 is 13.8 Å². The number of carbonyl (C=O) groups excluding carboxylic acids is 1. The minimum atomic E-state index is -3.67. The zero-order valence-electron chi connectivity index (χ0n) is 18.2. The third-order valence-corrected chi connectivity index (χ3v) is 7.00. The van der Waals surface area contributed by atoms with E-state index < -0.39 is 16.1 Å². The van der Waals surface area contributed by atoms with E-state index >= 15 is 0 Å². The third kappa shape index (κ3) is 4.56. The van der Waals surface area contributed by atoms with Gasteiger partial charge in [-0.2, -0.15) is 9.29 Å². The molecule has 0 saturated carbocycles. The number of hydrogen-bond acceptors (Lipinski definition) is 8. The Bertz CT molecular complexity index is 993. The molecule has 0 amide bonds. The van der Waals surface area contributed by atoms with Crippen LogP contribution in [-0.2, 0) is 32.0 Å². The molecule has 0 radical (unpaired) electrons. The standard InChI is InChI=1S/C19H29N5O5S/c1-12(16-21-18(22-29-16)19(3,4)5)28-17(25)14-7-9-24(10-8-14)30(26,27)15-11-23(6)13(2)20-15/h11-12,14H,7-10H2,1-6H3. The highest BCUT2D eigenvalue weighted by Gasteiger charge is 2.35. The number of rotatable bonds is 5. The van der Waals surface area contributed by atoms with Gasteiger partial charge in [-0.3, -0.25) is 4.79 Å². The topological polar surface area (TPSA) is 120 Å². The maximum Gasteiger partial charge on any atom is 0.309 e. The van der Waals surface area contributed by atoms with E-state index in [2.05, 4.69) is 15.1 Å². The van der Waals surface area contributed by atoms with E-state index in [1.54, 1.807) is 25.5 Å². The van der Waals surface area contributed by atoms with E-state index in [4.69, 9.17) is 9.26 Å². The quantitative estimate of drug-likeness (QED) is 0.650. The first-order valence-electron chi connectivity index (χ1n) is 9.94. The smallest absolute Gasteiger partial charge is 0.309 e. The van der Waals surface area contributed by atoms with Gasteiger partial charge in [-0.25, -0.2) is 13.4 Å². The molecule has 0 spiro atoms. The van der Waals surface area contributed by atoms with Gasteiger partial charge in [-0.15, -0.1) is 0 Å². The SMILES string of the molecule is Cc1nc(S(=O)(=O)N2CCC(C(=O)OC(C)c3nc(C(C)(C)C)no3)CC2)cn1C. The Hall–Kier alpha value is -2.27. The summed E-state index contributed by atoms with van der Waals surface area (Å²) in [5.41, 5.74) is -0.268. The number of esters is 1. The minimum Gasteiger partial charge on any atom is -0.452 e. The molecule has 1 atom stereocenters. The number of sulfonamides is 1. The van der Waals surface area contributed by atoms with Crippen LogP contribution in [0.2, 0.25) is 0 Å². The Balaban J connectivity index is 1.58. The van der Waals surface area contributed by atoms with Gasteiger partial charge in [0.05, 0.1) is 5.92 Å². The highest BCUT2D eigenvalue weighted by Crippen LogP contribution is 2.27. The molecule has 1 unspecified atom stereocenters. The molecule has 1 aliphatic heterocycles. The molecule has 0 bridgehead atoms. The van der Waals surface area contributed by atoms with Crippen LogP contribution in [0.5, 0.6) is 0 Å². The van der Waals surface area contributed by atoms with E-state index in [9.17, 15) is 13.2 Å². The Labute approximate surface area is 176 Å². The van der Waals surface area contributed by atoms with Crippen LogP contribution in [0.15, 0.2) is 15.7 Å². The Kier molecular flexibility index (Phi) is 6.06. The van der Waals surface area contributed by atoms with Crippen molar-refractivity contribution >= 4 is 16.0 Å². The number of aryl methyl sites for hydroxylation is 2. The van der Waals surface area contributed by atoms with Crippen LogP contribution in [0.4, 0.5) is 0 Å². The number of imidazole rings is 1. The van der Waals surface area contributed by atoms with Crippen molar-refractivity contribution in [2.45, 2.75) is 64.0 Å². The van der Waals surface area contributed by atoms with E-state index in [-0.39, 0.29) is 41.3 Å². The van der Waals surface area contributed by atoms with Gasteiger partial charge in [0.15, 0.2) is 17.0 Å². The third-order valence-electron chi connectivity index (χ3n) is 5.23. The molecule has 10 nitrogen and oxygen atoms in total. The second-order valence-electron chi connectivity index (χ2n) is 8.70. The average Bonchev–Trinajstić information content (AvgIpc) is 3.29. The first kappa shape index (κ1) is 22.4. The van der Waals surface area contributed by atoms with Gasteiger partial charge in [0.2, 0.25) is 0 Å². The number of carbonyl (C=O) groups is 1. The van der Waals surface area contributed by atoms with E-state index in [0.29, 0.717) is 24.5 Å². The van der Waals surface area contributed by atoms with Crippen LogP contribution in [0.25, 0.3) is 0 Å². The molecule has 0 N–H and O–H groups in total. The van der Waals surface area contributed by atoms with Crippen molar-refractivity contribution in [3.05, 3.63) is 23.7 Å². The first-order valence-corrected chi connectivity index (χ1v) is 11.4. The summed E-state index contributed by atoms with van der Waals surface area (Å²) in [6, 6.07) is 0. The van der Waals surface area contributed by atoms with E-state index in [1.165, 1.54) is 10.5 Å². The second-order valence-corrected chi connectivity index (χ2v) is 10.6. The summed E-state index contributed by atoms with van der Waals surface area (Å²) >= 11 is 0. The molecular formula is C19H29N5O5S. The lowest BCUT2D eigenvalue weighted by molar-refractivity contribution is -0.156. The Morgan fingerprint density at radius 1 is 1.27 bits per heavy atom. The van der Waals surface area contributed by atoms with Crippen LogP contribution >= 0.6 is 0 Å². The molecule has 3 rings (SSSR count). The van der Waals surface area contributed by atoms with Crippen molar-refractivity contribution < 1.29 is 22.5 Å². The molecule has 11 heteroatoms. The van der Waals surface area contributed by atoms with Crippen LogP contribution in [0.3, 0.4) is 0 Å². The minimum absolute atomic E-state index is 0.0307. The van der Waals surface area contributed by atoms with Crippen LogP contribution in [-0.4, -0.2) is 51.5 Å². The summed E-state index contributed by atoms with van der Waals surface area (Å²) in [6.45, 7) is 9.80. The molecule has 1 aliphatic rings. The van der Waals surface area contributed by atoms with Gasteiger partial charge in [-0.05, 0) is 26.7 Å². The maximum atomic E-state index is 12.8. The fraction of sp³-hybridized carbons (Fsp3) is 0.684. The second kappa shape index (κ2) is 8.10. The summed E-state index contributed by atoms with van der Waals surface area (Å²) in [5, 5.41) is 3.97. The zero-order chi connectivity index (χ0) is 22.3. The normalized spacial score (nSPS) is 17.8. The molecule has 2 aromatic rings. The number of piperidine rings is 1. The fourth-order valence-corrected chi connectivity index (χ4v) is 4.64. The number of nitrogens with zero attached hydrogens (tertiary/aromatic N) is 5. The molecular weight excluding hydrogens is 410 g/mol. The molecule has 3 heterocycles. The van der Waals surface area contributed by atoms with E-state index in [1.807, 2.05) is 20.8 Å². The predicted molar refractivity (Wildman–Crippen MR) is 107 cm³/mol. The summed E-state index contributed by atoms with van der Waals surface area (Å²) in [4.78, 5) is 21.0. The summed E-state index contributed by atoms with van der Waals surface area (Å²) in [5.74, 6) is 0.650. The van der Waals surface area contributed by atoms with Crippen molar-refractivity contribution in [2.24, 2.45) is 13.0 Å². The van der Waals surface area contributed by atoms with Gasteiger partial charge in [0.25, 0.3) is 15.9 Å². The van der Waals surface area contributed by atoms with Gasteiger partial charge in [-0.1, -0.05) is 25.9 Å². The Morgan fingerprint density at radius 3 is 2.40 bits per heavy atom.